The van der Waals surface area contributed by atoms with Gasteiger partial charge >= 0.3 is 5.97 Å². The maximum Gasteiger partial charge on any atom is 0.303 e. The van der Waals surface area contributed by atoms with Crippen LogP contribution < -0.4 is 0 Å². The van der Waals surface area contributed by atoms with Crippen LogP contribution in [0, 0.1) is 0 Å². The Balaban J connectivity index is 1.51. The normalized spacial score (nSPS) is 17.6. The number of nitrogens with zero attached hydrogens (tertiary/aromatic N) is 1. The van der Waals surface area contributed by atoms with Crippen molar-refractivity contribution in [2.24, 2.45) is 0 Å². The second kappa shape index (κ2) is 8.19. The van der Waals surface area contributed by atoms with Crippen molar-refractivity contribution in [2.45, 2.75) is 32.1 Å². The molecule has 1 N–H and O–H groups in total. The Hall–Kier alpha value is -1.96. The van der Waals surface area contributed by atoms with Crippen LogP contribution in [0.4, 0.5) is 0 Å². The fraction of sp³-hybridized carbons (Fsp3) is 0.286. The standard InChI is InChI=1S/C21H19NO3S3/c23-19(24)6-3-9-22-20(25)18(28-21(22)26)12-16-11-15-10-14-5-2-1-4-13(14)7-8-17(15)27-16/h1-2,4-5,11-12H,3,6-10H2,(H,23,24). The van der Waals surface area contributed by atoms with Gasteiger partial charge in [-0.1, -0.05) is 48.2 Å². The molecule has 0 radical (unpaired) electrons. The van der Waals surface area contributed by atoms with Gasteiger partial charge in [0.05, 0.1) is 4.91 Å². The maximum absolute atomic E-state index is 12.7. The zero-order valence-corrected chi connectivity index (χ0v) is 17.6. The highest BCUT2D eigenvalue weighted by Crippen LogP contribution is 2.36. The van der Waals surface area contributed by atoms with E-state index in [0.717, 1.165) is 24.1 Å². The molecule has 2 aromatic rings. The highest BCUT2D eigenvalue weighted by molar-refractivity contribution is 8.26. The number of fused-ring (bicyclic) bond motifs is 2. The second-order valence-corrected chi connectivity index (χ2v) is 9.72. The first-order valence-electron chi connectivity index (χ1n) is 9.17. The van der Waals surface area contributed by atoms with Crippen LogP contribution in [-0.2, 0) is 28.9 Å². The summed E-state index contributed by atoms with van der Waals surface area (Å²) in [6.07, 6.45) is 5.39. The molecule has 1 aliphatic carbocycles. The largest absolute Gasteiger partial charge is 0.481 e. The summed E-state index contributed by atoms with van der Waals surface area (Å²) in [5, 5.41) is 8.78. The number of carbonyl (C=O) groups excluding carboxylic acids is 1. The molecule has 4 rings (SSSR count). The third-order valence-corrected chi connectivity index (χ3v) is 7.52. The Morgan fingerprint density at radius 2 is 2.00 bits per heavy atom. The molecule has 1 saturated heterocycles. The van der Waals surface area contributed by atoms with Crippen LogP contribution in [0.1, 0.15) is 39.3 Å². The molecule has 7 heteroatoms. The molecule has 1 fully saturated rings. The van der Waals surface area contributed by atoms with Gasteiger partial charge in [-0.15, -0.1) is 11.3 Å². The van der Waals surface area contributed by atoms with Crippen LogP contribution in [0.2, 0.25) is 0 Å². The number of thioether (sulfide) groups is 1. The molecule has 1 aliphatic heterocycles. The Bertz CT molecular complexity index is 993. The van der Waals surface area contributed by atoms with Crippen molar-refractivity contribution in [3.8, 4) is 0 Å². The average molecular weight is 430 g/mol. The minimum Gasteiger partial charge on any atom is -0.481 e. The van der Waals surface area contributed by atoms with Crippen LogP contribution in [0.15, 0.2) is 35.2 Å². The summed E-state index contributed by atoms with van der Waals surface area (Å²) in [6, 6.07) is 10.8. The van der Waals surface area contributed by atoms with Gasteiger partial charge in [0.2, 0.25) is 0 Å². The average Bonchev–Trinajstić information content (AvgIpc) is 3.09. The number of benzene rings is 1. The van der Waals surface area contributed by atoms with Crippen molar-refractivity contribution in [2.75, 3.05) is 6.54 Å². The van der Waals surface area contributed by atoms with Crippen LogP contribution >= 0.6 is 35.3 Å². The van der Waals surface area contributed by atoms with Gasteiger partial charge in [0.15, 0.2) is 0 Å². The Labute approximate surface area is 177 Å². The third-order valence-electron chi connectivity index (χ3n) is 4.96. The van der Waals surface area contributed by atoms with Crippen molar-refractivity contribution < 1.29 is 14.7 Å². The summed E-state index contributed by atoms with van der Waals surface area (Å²) < 4.78 is 0.508. The van der Waals surface area contributed by atoms with E-state index in [1.807, 2.05) is 6.08 Å². The lowest BCUT2D eigenvalue weighted by Crippen LogP contribution is -2.29. The summed E-state index contributed by atoms with van der Waals surface area (Å²) in [5.74, 6) is -0.975. The molecule has 1 amide bonds. The highest BCUT2D eigenvalue weighted by atomic mass is 32.2. The summed E-state index contributed by atoms with van der Waals surface area (Å²) >= 11 is 8.37. The number of hydrogen-bond donors (Lipinski definition) is 1. The van der Waals surface area contributed by atoms with Crippen LogP contribution in [-0.4, -0.2) is 32.7 Å². The van der Waals surface area contributed by atoms with Crippen molar-refractivity contribution in [1.29, 1.82) is 0 Å². The first-order chi connectivity index (χ1) is 13.5. The summed E-state index contributed by atoms with van der Waals surface area (Å²) in [6.45, 7) is 0.353. The first-order valence-corrected chi connectivity index (χ1v) is 11.2. The molecule has 2 aliphatic rings. The molecular formula is C21H19NO3S3. The van der Waals surface area contributed by atoms with E-state index < -0.39 is 5.97 Å². The smallest absolute Gasteiger partial charge is 0.303 e. The molecule has 144 valence electrons. The summed E-state index contributed by atoms with van der Waals surface area (Å²) in [5.41, 5.74) is 4.16. The number of thiocarbonyl (C=S) groups is 1. The quantitative estimate of drug-likeness (QED) is 0.560. The molecule has 1 aromatic heterocycles. The van der Waals surface area contributed by atoms with Gasteiger partial charge in [0, 0.05) is 22.7 Å². The van der Waals surface area contributed by atoms with E-state index in [-0.39, 0.29) is 12.3 Å². The van der Waals surface area contributed by atoms with E-state index in [2.05, 4.69) is 30.3 Å². The molecule has 0 unspecified atom stereocenters. The van der Waals surface area contributed by atoms with Gasteiger partial charge in [-0.05, 0) is 54.5 Å². The summed E-state index contributed by atoms with van der Waals surface area (Å²) in [7, 11) is 0. The maximum atomic E-state index is 12.7. The van der Waals surface area contributed by atoms with E-state index in [1.54, 1.807) is 11.3 Å². The SMILES string of the molecule is O=C(O)CCCN1C(=O)C(=Cc2cc3c(s2)CCc2ccccc2C3)SC1=S. The van der Waals surface area contributed by atoms with E-state index in [0.29, 0.717) is 22.2 Å². The molecule has 28 heavy (non-hydrogen) atoms. The van der Waals surface area contributed by atoms with Crippen molar-refractivity contribution in [1.82, 2.24) is 4.90 Å². The molecule has 4 nitrogen and oxygen atoms in total. The first kappa shape index (κ1) is 19.4. The van der Waals surface area contributed by atoms with Gasteiger partial charge < -0.3 is 5.11 Å². The van der Waals surface area contributed by atoms with Crippen LogP contribution in [0.3, 0.4) is 0 Å². The van der Waals surface area contributed by atoms with Gasteiger partial charge in [-0.25, -0.2) is 0 Å². The topological polar surface area (TPSA) is 57.6 Å². The number of carboxylic acids is 1. The number of hydrogen-bond acceptors (Lipinski definition) is 5. The molecule has 0 bridgehead atoms. The number of carbonyl (C=O) groups is 2. The predicted molar refractivity (Wildman–Crippen MR) is 118 cm³/mol. The lowest BCUT2D eigenvalue weighted by atomic mass is 10.0. The Morgan fingerprint density at radius 3 is 2.79 bits per heavy atom. The third kappa shape index (κ3) is 4.06. The number of thiophene rings is 1. The molecule has 0 atom stereocenters. The Kier molecular flexibility index (Phi) is 5.66. The van der Waals surface area contributed by atoms with Crippen molar-refractivity contribution in [3.05, 3.63) is 61.7 Å². The second-order valence-electron chi connectivity index (χ2n) is 6.87. The zero-order valence-electron chi connectivity index (χ0n) is 15.1. The molecule has 0 saturated carbocycles. The molecule has 1 aromatic carbocycles. The van der Waals surface area contributed by atoms with E-state index in [4.69, 9.17) is 17.3 Å². The number of aryl methyl sites for hydroxylation is 2. The lowest BCUT2D eigenvalue weighted by Gasteiger charge is -2.13. The van der Waals surface area contributed by atoms with E-state index >= 15 is 0 Å². The summed E-state index contributed by atoms with van der Waals surface area (Å²) in [4.78, 5) is 28.0. The number of rotatable bonds is 5. The molecule has 2 heterocycles. The van der Waals surface area contributed by atoms with E-state index in [1.165, 1.54) is 38.2 Å². The molecule has 0 spiro atoms. The number of aliphatic carboxylic acids is 1. The predicted octanol–water partition coefficient (Wildman–Crippen LogP) is 4.50. The minimum absolute atomic E-state index is 0.0369. The zero-order chi connectivity index (χ0) is 19.7. The minimum atomic E-state index is -0.859. The monoisotopic (exact) mass is 429 g/mol. The van der Waals surface area contributed by atoms with Crippen molar-refractivity contribution >= 4 is 57.6 Å². The van der Waals surface area contributed by atoms with E-state index in [9.17, 15) is 9.59 Å². The lowest BCUT2D eigenvalue weighted by molar-refractivity contribution is -0.137. The highest BCUT2D eigenvalue weighted by Gasteiger charge is 2.32. The Morgan fingerprint density at radius 1 is 1.21 bits per heavy atom. The molecular weight excluding hydrogens is 410 g/mol. The van der Waals surface area contributed by atoms with Gasteiger partial charge in [0.25, 0.3) is 5.91 Å². The number of amides is 1. The fourth-order valence-corrected chi connectivity index (χ4v) is 6.06. The number of carboxylic acid groups (broad SMARTS) is 1. The van der Waals surface area contributed by atoms with Gasteiger partial charge in [-0.3, -0.25) is 14.5 Å². The van der Waals surface area contributed by atoms with Crippen LogP contribution in [0.5, 0.6) is 0 Å². The fourth-order valence-electron chi connectivity index (χ4n) is 3.56. The van der Waals surface area contributed by atoms with Crippen molar-refractivity contribution in [3.63, 3.8) is 0 Å². The van der Waals surface area contributed by atoms with Gasteiger partial charge in [0.1, 0.15) is 4.32 Å². The van der Waals surface area contributed by atoms with Gasteiger partial charge in [-0.2, -0.15) is 0 Å². The van der Waals surface area contributed by atoms with Crippen LogP contribution in [0.25, 0.3) is 6.08 Å².